The van der Waals surface area contributed by atoms with Crippen LogP contribution in [0.25, 0.3) is 0 Å². The molecule has 26 heavy (non-hydrogen) atoms. The Bertz CT molecular complexity index is 667. The smallest absolute Gasteiger partial charge is 0.123 e. The number of nitrogens with one attached hydrogen (secondary N) is 1. The van der Waals surface area contributed by atoms with E-state index in [1.54, 1.807) is 12.1 Å². The third-order valence-electron chi connectivity index (χ3n) is 5.79. The number of nitrogens with zero attached hydrogens (tertiary/aromatic N) is 1. The first-order valence-electron chi connectivity index (χ1n) is 9.56. The molecule has 0 bridgehead atoms. The Kier molecular flexibility index (Phi) is 5.07. The molecule has 1 unspecified atom stereocenters. The lowest BCUT2D eigenvalue weighted by atomic mass is 9.87. The lowest BCUT2D eigenvalue weighted by molar-refractivity contribution is -0.103. The summed E-state index contributed by atoms with van der Waals surface area (Å²) in [6.07, 6.45) is 2.06. The molecule has 2 aromatic carbocycles. The van der Waals surface area contributed by atoms with Crippen molar-refractivity contribution in [1.82, 2.24) is 10.2 Å². The molecule has 2 aliphatic heterocycles. The predicted octanol–water partition coefficient (Wildman–Crippen LogP) is 3.68. The first-order chi connectivity index (χ1) is 12.7. The van der Waals surface area contributed by atoms with Gasteiger partial charge in [0.2, 0.25) is 0 Å². The topological polar surface area (TPSA) is 24.5 Å². The number of halogens is 1. The minimum absolute atomic E-state index is 0.00459. The fraction of sp³-hybridized carbons (Fsp3) is 0.455. The van der Waals surface area contributed by atoms with Gasteiger partial charge in [0, 0.05) is 26.2 Å². The zero-order valence-corrected chi connectivity index (χ0v) is 15.4. The highest BCUT2D eigenvalue weighted by Crippen LogP contribution is 2.35. The van der Waals surface area contributed by atoms with Crippen LogP contribution in [0.15, 0.2) is 48.5 Å². The van der Waals surface area contributed by atoms with E-state index in [0.717, 1.165) is 51.2 Å². The van der Waals surface area contributed by atoms with E-state index in [0.29, 0.717) is 0 Å². The standard InChI is InChI=1S/C22H27FN2O/c1-17-2-4-18(5-3-17)21(19-6-8-20(23)9-7-19)25-13-10-22(11-14-25)16-24-12-15-26-22/h2-9,21,24H,10-16H2,1H3. The minimum atomic E-state index is -0.185. The summed E-state index contributed by atoms with van der Waals surface area (Å²) >= 11 is 0. The van der Waals surface area contributed by atoms with Crippen LogP contribution in [0.5, 0.6) is 0 Å². The van der Waals surface area contributed by atoms with Crippen molar-refractivity contribution in [2.24, 2.45) is 0 Å². The largest absolute Gasteiger partial charge is 0.372 e. The van der Waals surface area contributed by atoms with Gasteiger partial charge in [-0.25, -0.2) is 4.39 Å². The quantitative estimate of drug-likeness (QED) is 0.910. The molecule has 138 valence electrons. The Morgan fingerprint density at radius 2 is 1.62 bits per heavy atom. The number of ether oxygens (including phenoxy) is 1. The van der Waals surface area contributed by atoms with Crippen molar-refractivity contribution in [3.8, 4) is 0 Å². The maximum Gasteiger partial charge on any atom is 0.123 e. The van der Waals surface area contributed by atoms with Gasteiger partial charge >= 0.3 is 0 Å². The molecule has 2 fully saturated rings. The summed E-state index contributed by atoms with van der Waals surface area (Å²) in [6.45, 7) is 6.78. The van der Waals surface area contributed by atoms with Gasteiger partial charge in [-0.15, -0.1) is 0 Å². The lowest BCUT2D eigenvalue weighted by Gasteiger charge is -2.46. The molecule has 0 aromatic heterocycles. The van der Waals surface area contributed by atoms with Gasteiger partial charge in [0.15, 0.2) is 0 Å². The molecule has 0 aliphatic carbocycles. The number of morpholine rings is 1. The molecular weight excluding hydrogens is 327 g/mol. The Morgan fingerprint density at radius 1 is 1.00 bits per heavy atom. The summed E-state index contributed by atoms with van der Waals surface area (Å²) in [6, 6.07) is 15.8. The number of benzene rings is 2. The molecule has 1 atom stereocenters. The van der Waals surface area contributed by atoms with E-state index in [2.05, 4.69) is 41.4 Å². The number of hydrogen-bond donors (Lipinski definition) is 1. The van der Waals surface area contributed by atoms with Crippen LogP contribution in [0.1, 0.15) is 35.6 Å². The van der Waals surface area contributed by atoms with Gasteiger partial charge in [-0.3, -0.25) is 4.90 Å². The molecule has 4 rings (SSSR count). The second-order valence-corrected chi connectivity index (χ2v) is 7.61. The van der Waals surface area contributed by atoms with Crippen LogP contribution < -0.4 is 5.32 Å². The first-order valence-corrected chi connectivity index (χ1v) is 9.56. The van der Waals surface area contributed by atoms with Crippen molar-refractivity contribution in [2.75, 3.05) is 32.8 Å². The van der Waals surface area contributed by atoms with Crippen LogP contribution in [0, 0.1) is 12.7 Å². The monoisotopic (exact) mass is 354 g/mol. The van der Waals surface area contributed by atoms with Gasteiger partial charge in [0.1, 0.15) is 5.82 Å². The summed E-state index contributed by atoms with van der Waals surface area (Å²) in [4.78, 5) is 2.52. The summed E-state index contributed by atoms with van der Waals surface area (Å²) in [5, 5.41) is 3.48. The second-order valence-electron chi connectivity index (χ2n) is 7.61. The molecule has 1 spiro atoms. The predicted molar refractivity (Wildman–Crippen MR) is 102 cm³/mol. The molecular formula is C22H27FN2O. The zero-order chi connectivity index (χ0) is 18.0. The summed E-state index contributed by atoms with van der Waals surface area (Å²) < 4.78 is 19.6. The highest BCUT2D eigenvalue weighted by atomic mass is 19.1. The molecule has 0 radical (unpaired) electrons. The maximum atomic E-state index is 13.4. The Hall–Kier alpha value is -1.75. The summed E-state index contributed by atoms with van der Waals surface area (Å²) in [5.74, 6) is -0.185. The van der Waals surface area contributed by atoms with Crippen LogP contribution in [0.3, 0.4) is 0 Å². The fourth-order valence-electron chi connectivity index (χ4n) is 4.23. The highest BCUT2D eigenvalue weighted by molar-refractivity contribution is 5.34. The van der Waals surface area contributed by atoms with Gasteiger partial charge in [-0.05, 0) is 43.0 Å². The van der Waals surface area contributed by atoms with Crippen molar-refractivity contribution in [3.63, 3.8) is 0 Å². The van der Waals surface area contributed by atoms with Gasteiger partial charge in [0.25, 0.3) is 0 Å². The fourth-order valence-corrected chi connectivity index (χ4v) is 4.23. The number of rotatable bonds is 3. The second kappa shape index (κ2) is 7.47. The molecule has 4 heteroatoms. The minimum Gasteiger partial charge on any atom is -0.372 e. The number of piperidine rings is 1. The van der Waals surface area contributed by atoms with E-state index in [1.165, 1.54) is 11.1 Å². The lowest BCUT2D eigenvalue weighted by Crippen LogP contribution is -2.56. The Morgan fingerprint density at radius 3 is 2.19 bits per heavy atom. The van der Waals surface area contributed by atoms with Crippen molar-refractivity contribution in [2.45, 2.75) is 31.4 Å². The van der Waals surface area contributed by atoms with Gasteiger partial charge in [-0.2, -0.15) is 0 Å². The molecule has 2 heterocycles. The maximum absolute atomic E-state index is 13.4. The first kappa shape index (κ1) is 17.7. The van der Waals surface area contributed by atoms with Crippen LogP contribution in [0.4, 0.5) is 4.39 Å². The number of aryl methyl sites for hydroxylation is 1. The summed E-state index contributed by atoms with van der Waals surface area (Å²) in [7, 11) is 0. The third-order valence-corrected chi connectivity index (χ3v) is 5.79. The van der Waals surface area contributed by atoms with E-state index < -0.39 is 0 Å². The zero-order valence-electron chi connectivity index (χ0n) is 15.4. The van der Waals surface area contributed by atoms with Crippen molar-refractivity contribution in [3.05, 3.63) is 71.0 Å². The van der Waals surface area contributed by atoms with Crippen LogP contribution in [-0.2, 0) is 4.74 Å². The van der Waals surface area contributed by atoms with Crippen molar-refractivity contribution >= 4 is 0 Å². The van der Waals surface area contributed by atoms with E-state index in [1.807, 2.05) is 12.1 Å². The van der Waals surface area contributed by atoms with E-state index in [-0.39, 0.29) is 17.5 Å². The number of hydrogen-bond acceptors (Lipinski definition) is 3. The molecule has 0 saturated carbocycles. The van der Waals surface area contributed by atoms with Crippen LogP contribution in [-0.4, -0.2) is 43.3 Å². The van der Waals surface area contributed by atoms with Gasteiger partial charge in [0.05, 0.1) is 18.2 Å². The Labute approximate surface area is 155 Å². The summed E-state index contributed by atoms with van der Waals surface area (Å²) in [5.41, 5.74) is 3.66. The normalized spacial score (nSPS) is 21.6. The average Bonchev–Trinajstić information content (AvgIpc) is 2.67. The SMILES string of the molecule is Cc1ccc(C(c2ccc(F)cc2)N2CCC3(CC2)CNCCO3)cc1. The van der Waals surface area contributed by atoms with E-state index >= 15 is 0 Å². The number of likely N-dealkylation sites (tertiary alicyclic amines) is 1. The third kappa shape index (κ3) is 3.68. The molecule has 2 aromatic rings. The van der Waals surface area contributed by atoms with Crippen LogP contribution >= 0.6 is 0 Å². The molecule has 2 saturated heterocycles. The van der Waals surface area contributed by atoms with E-state index in [4.69, 9.17) is 4.74 Å². The van der Waals surface area contributed by atoms with Crippen molar-refractivity contribution in [1.29, 1.82) is 0 Å². The van der Waals surface area contributed by atoms with E-state index in [9.17, 15) is 4.39 Å². The molecule has 1 N–H and O–H groups in total. The average molecular weight is 354 g/mol. The molecule has 3 nitrogen and oxygen atoms in total. The van der Waals surface area contributed by atoms with Gasteiger partial charge in [-0.1, -0.05) is 42.0 Å². The van der Waals surface area contributed by atoms with Gasteiger partial charge < -0.3 is 10.1 Å². The van der Waals surface area contributed by atoms with Crippen molar-refractivity contribution < 1.29 is 9.13 Å². The Balaban J connectivity index is 1.59. The molecule has 0 amide bonds. The molecule has 2 aliphatic rings. The highest BCUT2D eigenvalue weighted by Gasteiger charge is 2.39. The van der Waals surface area contributed by atoms with Crippen LogP contribution in [0.2, 0.25) is 0 Å².